The summed E-state index contributed by atoms with van der Waals surface area (Å²) >= 11 is 0. The highest BCUT2D eigenvalue weighted by atomic mass is 16.6. The lowest BCUT2D eigenvalue weighted by Crippen LogP contribution is -2.32. The van der Waals surface area contributed by atoms with E-state index in [1.807, 2.05) is 12.1 Å². The van der Waals surface area contributed by atoms with Gasteiger partial charge in [0, 0.05) is 30.5 Å². The van der Waals surface area contributed by atoms with Gasteiger partial charge in [0.2, 0.25) is 5.91 Å². The minimum Gasteiger partial charge on any atom is -0.494 e. The molecule has 1 fully saturated rings. The third kappa shape index (κ3) is 5.16. The molecule has 0 bridgehead atoms. The van der Waals surface area contributed by atoms with Crippen LogP contribution in [0.1, 0.15) is 26.2 Å². The third-order valence-electron chi connectivity index (χ3n) is 5.02. The van der Waals surface area contributed by atoms with Crippen LogP contribution in [0.3, 0.4) is 0 Å². The van der Waals surface area contributed by atoms with Crippen molar-refractivity contribution in [2.75, 3.05) is 35.7 Å². The lowest BCUT2D eigenvalue weighted by molar-refractivity contribution is -0.384. The van der Waals surface area contributed by atoms with Gasteiger partial charge in [0.05, 0.1) is 23.8 Å². The van der Waals surface area contributed by atoms with E-state index in [2.05, 4.69) is 27.7 Å². The number of carbonyl (C=O) groups is 1. The first-order chi connectivity index (χ1) is 14.0. The molecular weight excluding hydrogens is 372 g/mol. The molecule has 0 unspecified atom stereocenters. The molecule has 1 heterocycles. The van der Waals surface area contributed by atoms with E-state index in [0.717, 1.165) is 18.8 Å². The summed E-state index contributed by atoms with van der Waals surface area (Å²) < 4.78 is 5.16. The zero-order valence-corrected chi connectivity index (χ0v) is 16.7. The van der Waals surface area contributed by atoms with Crippen LogP contribution in [-0.2, 0) is 4.79 Å². The second-order valence-corrected chi connectivity index (χ2v) is 7.09. The Kier molecular flexibility index (Phi) is 6.54. The summed E-state index contributed by atoms with van der Waals surface area (Å²) in [7, 11) is 1.40. The highest BCUT2D eigenvalue weighted by molar-refractivity contribution is 5.97. The Hall–Kier alpha value is -3.29. The molecule has 1 atom stereocenters. The molecule has 1 aliphatic heterocycles. The summed E-state index contributed by atoms with van der Waals surface area (Å²) in [6, 6.07) is 11.7. The van der Waals surface area contributed by atoms with Gasteiger partial charge in [-0.05, 0) is 56.5 Å². The van der Waals surface area contributed by atoms with Gasteiger partial charge in [-0.25, -0.2) is 0 Å². The number of rotatable bonds is 7. The maximum atomic E-state index is 12.5. The van der Waals surface area contributed by atoms with Crippen LogP contribution in [0.25, 0.3) is 0 Å². The van der Waals surface area contributed by atoms with E-state index in [1.54, 1.807) is 6.92 Å². The minimum absolute atomic E-state index is 0.0974. The molecule has 2 aromatic rings. The van der Waals surface area contributed by atoms with Crippen LogP contribution < -0.4 is 20.3 Å². The van der Waals surface area contributed by atoms with Crippen molar-refractivity contribution >= 4 is 28.7 Å². The molecule has 0 radical (unpaired) electrons. The predicted molar refractivity (Wildman–Crippen MR) is 114 cm³/mol. The monoisotopic (exact) mass is 398 g/mol. The van der Waals surface area contributed by atoms with Crippen LogP contribution in [0, 0.1) is 10.1 Å². The Labute approximate surface area is 170 Å². The number of methoxy groups -OCH3 is 1. The first-order valence-electron chi connectivity index (χ1n) is 9.73. The summed E-state index contributed by atoms with van der Waals surface area (Å²) in [5.74, 6) is -0.0251. The number of non-ortho nitro benzene ring substituents is 1. The largest absolute Gasteiger partial charge is 0.494 e. The van der Waals surface area contributed by atoms with Gasteiger partial charge in [0.25, 0.3) is 5.69 Å². The van der Waals surface area contributed by atoms with Crippen molar-refractivity contribution in [2.45, 2.75) is 32.2 Å². The van der Waals surface area contributed by atoms with Crippen LogP contribution in [0.4, 0.5) is 22.7 Å². The lowest BCUT2D eigenvalue weighted by atomic mass is 10.1. The van der Waals surface area contributed by atoms with Crippen molar-refractivity contribution < 1.29 is 14.5 Å². The Morgan fingerprint density at radius 1 is 1.14 bits per heavy atom. The molecule has 154 valence electrons. The van der Waals surface area contributed by atoms with E-state index < -0.39 is 11.0 Å². The number of amides is 1. The van der Waals surface area contributed by atoms with Gasteiger partial charge >= 0.3 is 0 Å². The van der Waals surface area contributed by atoms with Crippen molar-refractivity contribution in [1.29, 1.82) is 0 Å². The first kappa shape index (κ1) is 20.4. The minimum atomic E-state index is -0.508. The SMILES string of the molecule is COc1cc([N+](=O)[O-])ccc1NC(=O)[C@@H](C)Nc1ccc(N2CCCCC2)cc1. The molecule has 2 N–H and O–H groups in total. The summed E-state index contributed by atoms with van der Waals surface area (Å²) in [5, 5.41) is 16.8. The van der Waals surface area contributed by atoms with Crippen molar-refractivity contribution in [1.82, 2.24) is 0 Å². The van der Waals surface area contributed by atoms with Gasteiger partial charge in [-0.2, -0.15) is 0 Å². The summed E-state index contributed by atoms with van der Waals surface area (Å²) in [4.78, 5) is 25.3. The standard InChI is InChI=1S/C21H26N4O4/c1-15(21(26)23-19-11-10-18(25(27)28)14-20(19)29-2)22-16-6-8-17(9-7-16)24-12-4-3-5-13-24/h6-11,14-15,22H,3-5,12-13H2,1-2H3,(H,23,26)/t15-/m1/s1. The van der Waals surface area contributed by atoms with E-state index in [4.69, 9.17) is 4.74 Å². The van der Waals surface area contributed by atoms with Crippen molar-refractivity contribution in [2.24, 2.45) is 0 Å². The zero-order valence-electron chi connectivity index (χ0n) is 16.7. The summed E-state index contributed by atoms with van der Waals surface area (Å²) in [5.41, 5.74) is 2.34. The normalized spacial score (nSPS) is 14.8. The molecule has 1 amide bonds. The number of hydrogen-bond acceptors (Lipinski definition) is 6. The molecule has 0 aliphatic carbocycles. The number of nitro benzene ring substituents is 1. The molecule has 1 saturated heterocycles. The van der Waals surface area contributed by atoms with Crippen LogP contribution in [0.15, 0.2) is 42.5 Å². The Balaban J connectivity index is 1.61. The second-order valence-electron chi connectivity index (χ2n) is 7.09. The fourth-order valence-electron chi connectivity index (χ4n) is 3.37. The molecule has 0 aromatic heterocycles. The van der Waals surface area contributed by atoms with Crippen molar-refractivity contribution in [3.8, 4) is 5.75 Å². The molecule has 8 heteroatoms. The van der Waals surface area contributed by atoms with Crippen LogP contribution in [-0.4, -0.2) is 37.1 Å². The van der Waals surface area contributed by atoms with E-state index >= 15 is 0 Å². The number of carbonyl (C=O) groups excluding carboxylic acids is 1. The number of nitrogens with zero attached hydrogens (tertiary/aromatic N) is 2. The summed E-state index contributed by atoms with van der Waals surface area (Å²) in [6.45, 7) is 3.93. The molecule has 1 aliphatic rings. The zero-order chi connectivity index (χ0) is 20.8. The van der Waals surface area contributed by atoms with E-state index in [1.165, 1.54) is 50.3 Å². The van der Waals surface area contributed by atoms with Gasteiger partial charge in [-0.1, -0.05) is 0 Å². The number of nitrogens with one attached hydrogen (secondary N) is 2. The van der Waals surface area contributed by atoms with E-state index in [-0.39, 0.29) is 17.3 Å². The molecule has 0 spiro atoms. The Morgan fingerprint density at radius 3 is 2.45 bits per heavy atom. The van der Waals surface area contributed by atoms with Gasteiger partial charge in [0.15, 0.2) is 0 Å². The maximum Gasteiger partial charge on any atom is 0.273 e. The smallest absolute Gasteiger partial charge is 0.273 e. The molecule has 3 rings (SSSR count). The highest BCUT2D eigenvalue weighted by Crippen LogP contribution is 2.29. The Morgan fingerprint density at radius 2 is 1.83 bits per heavy atom. The average Bonchev–Trinajstić information content (AvgIpc) is 2.75. The molecular formula is C21H26N4O4. The summed E-state index contributed by atoms with van der Waals surface area (Å²) in [6.07, 6.45) is 3.74. The Bertz CT molecular complexity index is 863. The lowest BCUT2D eigenvalue weighted by Gasteiger charge is -2.29. The van der Waals surface area contributed by atoms with Gasteiger partial charge in [-0.15, -0.1) is 0 Å². The molecule has 0 saturated carbocycles. The quantitative estimate of drug-likeness (QED) is 0.540. The van der Waals surface area contributed by atoms with Crippen molar-refractivity contribution in [3.05, 3.63) is 52.6 Å². The topological polar surface area (TPSA) is 96.7 Å². The molecule has 8 nitrogen and oxygen atoms in total. The van der Waals surface area contributed by atoms with Crippen LogP contribution in [0.2, 0.25) is 0 Å². The van der Waals surface area contributed by atoms with Crippen LogP contribution >= 0.6 is 0 Å². The first-order valence-corrected chi connectivity index (χ1v) is 9.73. The second kappa shape index (κ2) is 9.27. The van der Waals surface area contributed by atoms with Crippen molar-refractivity contribution in [3.63, 3.8) is 0 Å². The molecule has 2 aromatic carbocycles. The fourth-order valence-corrected chi connectivity index (χ4v) is 3.37. The number of hydrogen-bond donors (Lipinski definition) is 2. The number of piperidine rings is 1. The number of anilines is 3. The van der Waals surface area contributed by atoms with Gasteiger partial charge in [0.1, 0.15) is 11.8 Å². The maximum absolute atomic E-state index is 12.5. The third-order valence-corrected chi connectivity index (χ3v) is 5.02. The highest BCUT2D eigenvalue weighted by Gasteiger charge is 2.18. The fraction of sp³-hybridized carbons (Fsp3) is 0.381. The predicted octanol–water partition coefficient (Wildman–Crippen LogP) is 4.03. The van der Waals surface area contributed by atoms with Crippen LogP contribution in [0.5, 0.6) is 5.75 Å². The number of nitro groups is 1. The van der Waals surface area contributed by atoms with Gasteiger partial charge < -0.3 is 20.3 Å². The van der Waals surface area contributed by atoms with E-state index in [0.29, 0.717) is 5.69 Å². The van der Waals surface area contributed by atoms with Gasteiger partial charge in [-0.3, -0.25) is 14.9 Å². The molecule has 29 heavy (non-hydrogen) atoms. The van der Waals surface area contributed by atoms with E-state index in [9.17, 15) is 14.9 Å². The number of benzene rings is 2. The number of ether oxygens (including phenoxy) is 1. The average molecular weight is 398 g/mol.